The topological polar surface area (TPSA) is 41.0 Å². The minimum absolute atomic E-state index is 0.724. The van der Waals surface area contributed by atoms with E-state index in [0.717, 1.165) is 49.5 Å². The second-order valence-electron chi connectivity index (χ2n) is 6.15. The van der Waals surface area contributed by atoms with Gasteiger partial charge in [0.2, 0.25) is 0 Å². The van der Waals surface area contributed by atoms with Gasteiger partial charge in [0.1, 0.15) is 0 Å². The lowest BCUT2D eigenvalue weighted by Crippen LogP contribution is -2.43. The Bertz CT molecular complexity index is 417. The third kappa shape index (κ3) is 2.95. The van der Waals surface area contributed by atoms with Gasteiger partial charge in [0.25, 0.3) is 0 Å². The van der Waals surface area contributed by atoms with Crippen molar-refractivity contribution in [1.82, 2.24) is 15.5 Å². The number of anilines is 1. The first kappa shape index (κ1) is 13.8. The predicted octanol–water partition coefficient (Wildman–Crippen LogP) is 2.75. The van der Waals surface area contributed by atoms with Gasteiger partial charge in [-0.3, -0.25) is 0 Å². The second-order valence-corrected chi connectivity index (χ2v) is 6.15. The molecule has 20 heavy (non-hydrogen) atoms. The average molecular weight is 274 g/mol. The van der Waals surface area contributed by atoms with Crippen LogP contribution in [0.5, 0.6) is 0 Å². The van der Waals surface area contributed by atoms with Crippen molar-refractivity contribution in [3.63, 3.8) is 0 Å². The van der Waals surface area contributed by atoms with E-state index in [-0.39, 0.29) is 0 Å². The maximum absolute atomic E-state index is 4.48. The number of hydrogen-bond acceptors (Lipinski definition) is 4. The molecule has 2 atom stereocenters. The molecule has 2 fully saturated rings. The van der Waals surface area contributed by atoms with E-state index in [1.54, 1.807) is 0 Å². The maximum Gasteiger partial charge on any atom is 0.151 e. The zero-order chi connectivity index (χ0) is 13.8. The molecule has 0 aromatic carbocycles. The summed E-state index contributed by atoms with van der Waals surface area (Å²) in [6.45, 7) is 5.20. The monoisotopic (exact) mass is 274 g/mol. The highest BCUT2D eigenvalue weighted by atomic mass is 15.3. The summed E-state index contributed by atoms with van der Waals surface area (Å²) in [6, 6.07) is 5.02. The van der Waals surface area contributed by atoms with E-state index in [4.69, 9.17) is 0 Å². The van der Waals surface area contributed by atoms with E-state index in [1.165, 1.54) is 32.1 Å². The normalized spacial score (nSPS) is 25.8. The van der Waals surface area contributed by atoms with Gasteiger partial charge in [-0.25, -0.2) is 0 Å². The van der Waals surface area contributed by atoms with Crippen molar-refractivity contribution in [2.75, 3.05) is 18.0 Å². The Hall–Kier alpha value is -1.16. The predicted molar refractivity (Wildman–Crippen MR) is 81.7 cm³/mol. The summed E-state index contributed by atoms with van der Waals surface area (Å²) in [5.74, 6) is 1.98. The molecular formula is C16H26N4. The van der Waals surface area contributed by atoms with E-state index in [9.17, 15) is 0 Å². The highest BCUT2D eigenvalue weighted by Crippen LogP contribution is 2.38. The number of piperidine rings is 1. The zero-order valence-electron chi connectivity index (χ0n) is 12.5. The third-order valence-electron chi connectivity index (χ3n) is 4.73. The largest absolute Gasteiger partial charge is 0.352 e. The molecule has 0 bridgehead atoms. The van der Waals surface area contributed by atoms with Crippen molar-refractivity contribution >= 4 is 5.82 Å². The molecule has 1 aliphatic heterocycles. The van der Waals surface area contributed by atoms with Gasteiger partial charge in [0, 0.05) is 19.1 Å². The molecule has 2 unspecified atom stereocenters. The zero-order valence-corrected chi connectivity index (χ0v) is 12.5. The van der Waals surface area contributed by atoms with E-state index < -0.39 is 0 Å². The molecule has 2 aliphatic rings. The third-order valence-corrected chi connectivity index (χ3v) is 4.73. The first-order valence-corrected chi connectivity index (χ1v) is 8.18. The van der Waals surface area contributed by atoms with Crippen LogP contribution in [0.25, 0.3) is 0 Å². The van der Waals surface area contributed by atoms with Crippen LogP contribution in [0.3, 0.4) is 0 Å². The van der Waals surface area contributed by atoms with Crippen LogP contribution in [-0.2, 0) is 6.54 Å². The Labute approximate surface area is 122 Å². The molecule has 4 heteroatoms. The van der Waals surface area contributed by atoms with Gasteiger partial charge in [0.15, 0.2) is 5.82 Å². The number of nitrogens with one attached hydrogen (secondary N) is 1. The van der Waals surface area contributed by atoms with Gasteiger partial charge in [-0.2, -0.15) is 5.10 Å². The quantitative estimate of drug-likeness (QED) is 0.838. The second kappa shape index (κ2) is 6.53. The van der Waals surface area contributed by atoms with Crippen LogP contribution >= 0.6 is 0 Å². The van der Waals surface area contributed by atoms with Crippen molar-refractivity contribution < 1.29 is 0 Å². The number of nitrogens with zero attached hydrogens (tertiary/aromatic N) is 3. The number of aromatic nitrogens is 2. The Balaban J connectivity index is 1.64. The van der Waals surface area contributed by atoms with E-state index in [2.05, 4.69) is 39.5 Å². The van der Waals surface area contributed by atoms with Crippen molar-refractivity contribution in [1.29, 1.82) is 0 Å². The molecule has 1 saturated carbocycles. The first-order chi connectivity index (χ1) is 9.88. The summed E-state index contributed by atoms with van der Waals surface area (Å²) in [5, 5.41) is 12.2. The number of hydrogen-bond donors (Lipinski definition) is 1. The summed E-state index contributed by atoms with van der Waals surface area (Å²) in [5.41, 5.74) is 1.04. The van der Waals surface area contributed by atoms with Gasteiger partial charge in [-0.05, 0) is 56.7 Å². The summed E-state index contributed by atoms with van der Waals surface area (Å²) in [6.07, 6.45) is 8.01. The van der Waals surface area contributed by atoms with E-state index in [0.29, 0.717) is 0 Å². The van der Waals surface area contributed by atoms with Gasteiger partial charge < -0.3 is 10.2 Å². The molecule has 1 aromatic heterocycles. The molecule has 0 radical (unpaired) electrons. The van der Waals surface area contributed by atoms with Crippen LogP contribution in [0.15, 0.2) is 12.1 Å². The molecule has 1 saturated heterocycles. The van der Waals surface area contributed by atoms with Crippen LogP contribution in [0.4, 0.5) is 5.82 Å². The van der Waals surface area contributed by atoms with Gasteiger partial charge in [0.05, 0.1) is 5.69 Å². The molecular weight excluding hydrogens is 248 g/mol. The van der Waals surface area contributed by atoms with Gasteiger partial charge in [-0.1, -0.05) is 13.3 Å². The average Bonchev–Trinajstić information content (AvgIpc) is 2.97. The Morgan fingerprint density at radius 3 is 2.90 bits per heavy atom. The van der Waals surface area contributed by atoms with Crippen molar-refractivity contribution in [3.8, 4) is 0 Å². The molecule has 1 aromatic rings. The molecule has 0 amide bonds. The highest BCUT2D eigenvalue weighted by molar-refractivity contribution is 5.40. The van der Waals surface area contributed by atoms with E-state index in [1.807, 2.05) is 0 Å². The summed E-state index contributed by atoms with van der Waals surface area (Å²) < 4.78 is 0. The fourth-order valence-electron chi connectivity index (χ4n) is 3.73. The Kier molecular flexibility index (Phi) is 4.51. The van der Waals surface area contributed by atoms with Gasteiger partial charge >= 0.3 is 0 Å². The fraction of sp³-hybridized carbons (Fsp3) is 0.750. The summed E-state index contributed by atoms with van der Waals surface area (Å²) in [7, 11) is 0. The standard InChI is InChI=1S/C16H26N4/c1-2-10-17-12-14-8-9-16(19-18-14)20-11-4-6-13-5-3-7-15(13)20/h8-9,13,15,17H,2-7,10-12H2,1H3. The molecule has 3 rings (SSSR count). The lowest BCUT2D eigenvalue weighted by molar-refractivity contribution is 0.360. The molecule has 4 nitrogen and oxygen atoms in total. The van der Waals surface area contributed by atoms with Crippen LogP contribution in [-0.4, -0.2) is 29.3 Å². The van der Waals surface area contributed by atoms with Crippen LogP contribution in [0, 0.1) is 5.92 Å². The number of fused-ring (bicyclic) bond motifs is 1. The number of rotatable bonds is 5. The maximum atomic E-state index is 4.48. The molecule has 1 aliphatic carbocycles. The van der Waals surface area contributed by atoms with Crippen molar-refractivity contribution in [3.05, 3.63) is 17.8 Å². The van der Waals surface area contributed by atoms with Crippen molar-refractivity contribution in [2.24, 2.45) is 5.92 Å². The highest BCUT2D eigenvalue weighted by Gasteiger charge is 2.35. The smallest absolute Gasteiger partial charge is 0.151 e. The molecule has 1 N–H and O–H groups in total. The molecule has 2 heterocycles. The van der Waals surface area contributed by atoms with Crippen LogP contribution < -0.4 is 10.2 Å². The summed E-state index contributed by atoms with van der Waals surface area (Å²) >= 11 is 0. The molecule has 0 spiro atoms. The lowest BCUT2D eigenvalue weighted by atomic mass is 9.92. The minimum Gasteiger partial charge on any atom is -0.352 e. The Morgan fingerprint density at radius 2 is 2.10 bits per heavy atom. The van der Waals surface area contributed by atoms with Gasteiger partial charge in [-0.15, -0.1) is 5.10 Å². The molecule has 110 valence electrons. The van der Waals surface area contributed by atoms with Crippen LogP contribution in [0.1, 0.15) is 51.1 Å². The first-order valence-electron chi connectivity index (χ1n) is 8.18. The SMILES string of the molecule is CCCNCc1ccc(N2CCCC3CCCC32)nn1. The minimum atomic E-state index is 0.724. The summed E-state index contributed by atoms with van der Waals surface area (Å²) in [4.78, 5) is 2.51. The lowest BCUT2D eigenvalue weighted by Gasteiger charge is -2.38. The van der Waals surface area contributed by atoms with Crippen LogP contribution in [0.2, 0.25) is 0 Å². The fourth-order valence-corrected chi connectivity index (χ4v) is 3.73. The Morgan fingerprint density at radius 1 is 1.20 bits per heavy atom. The van der Waals surface area contributed by atoms with Crippen molar-refractivity contribution in [2.45, 2.75) is 58.0 Å². The van der Waals surface area contributed by atoms with E-state index >= 15 is 0 Å².